The van der Waals surface area contributed by atoms with Gasteiger partial charge in [-0.05, 0) is 68.8 Å². The molecule has 0 bridgehead atoms. The number of nitrogens with zero attached hydrogens (tertiary/aromatic N) is 1. The standard InChI is InChI=1S/C20H19BrN2O3/c1-12-10-16(6-9-19(12)21)22-20(24)15-4-7-17(8-5-15)25-11-18-13(2)23-26-14(18)3/h4-10H,11H2,1-3H3,(H,22,24). The van der Waals surface area contributed by atoms with Gasteiger partial charge in [0.05, 0.1) is 11.3 Å². The summed E-state index contributed by atoms with van der Waals surface area (Å²) in [4.78, 5) is 12.4. The molecular weight excluding hydrogens is 396 g/mol. The van der Waals surface area contributed by atoms with Gasteiger partial charge in [0, 0.05) is 15.7 Å². The van der Waals surface area contributed by atoms with E-state index in [1.165, 1.54) is 0 Å². The fourth-order valence-corrected chi connectivity index (χ4v) is 2.74. The zero-order valence-electron chi connectivity index (χ0n) is 14.8. The van der Waals surface area contributed by atoms with Crippen molar-refractivity contribution in [3.8, 4) is 5.75 Å². The Kier molecular flexibility index (Phi) is 5.42. The second-order valence-electron chi connectivity index (χ2n) is 6.03. The highest BCUT2D eigenvalue weighted by Crippen LogP contribution is 2.21. The topological polar surface area (TPSA) is 64.4 Å². The molecule has 1 amide bonds. The minimum atomic E-state index is -0.163. The molecule has 1 aromatic heterocycles. The van der Waals surface area contributed by atoms with Crippen molar-refractivity contribution in [2.24, 2.45) is 0 Å². The number of amides is 1. The van der Waals surface area contributed by atoms with Gasteiger partial charge < -0.3 is 14.6 Å². The van der Waals surface area contributed by atoms with Crippen LogP contribution in [0.3, 0.4) is 0 Å². The Morgan fingerprint density at radius 3 is 2.50 bits per heavy atom. The molecule has 134 valence electrons. The maximum atomic E-state index is 12.4. The smallest absolute Gasteiger partial charge is 0.255 e. The number of halogens is 1. The third-order valence-corrected chi connectivity index (χ3v) is 4.99. The molecule has 0 atom stereocenters. The first-order valence-corrected chi connectivity index (χ1v) is 8.95. The Bertz CT molecular complexity index is 913. The van der Waals surface area contributed by atoms with E-state index < -0.39 is 0 Å². The zero-order chi connectivity index (χ0) is 18.7. The summed E-state index contributed by atoms with van der Waals surface area (Å²) in [6.45, 7) is 6.10. The highest BCUT2D eigenvalue weighted by Gasteiger charge is 2.10. The van der Waals surface area contributed by atoms with Crippen molar-refractivity contribution in [2.45, 2.75) is 27.4 Å². The normalized spacial score (nSPS) is 10.6. The Morgan fingerprint density at radius 1 is 1.15 bits per heavy atom. The van der Waals surface area contributed by atoms with Gasteiger partial charge in [-0.3, -0.25) is 4.79 Å². The van der Waals surface area contributed by atoms with E-state index in [9.17, 15) is 4.79 Å². The highest BCUT2D eigenvalue weighted by molar-refractivity contribution is 9.10. The molecule has 0 saturated carbocycles. The van der Waals surface area contributed by atoms with Crippen LogP contribution in [0.1, 0.15) is 32.9 Å². The first kappa shape index (κ1) is 18.2. The van der Waals surface area contributed by atoms with Gasteiger partial charge >= 0.3 is 0 Å². The van der Waals surface area contributed by atoms with Crippen LogP contribution in [-0.4, -0.2) is 11.1 Å². The lowest BCUT2D eigenvalue weighted by Gasteiger charge is -2.09. The minimum Gasteiger partial charge on any atom is -0.489 e. The highest BCUT2D eigenvalue weighted by atomic mass is 79.9. The van der Waals surface area contributed by atoms with E-state index in [2.05, 4.69) is 26.4 Å². The van der Waals surface area contributed by atoms with Gasteiger partial charge in [0.1, 0.15) is 18.1 Å². The van der Waals surface area contributed by atoms with Crippen LogP contribution in [0.25, 0.3) is 0 Å². The van der Waals surface area contributed by atoms with Crippen LogP contribution in [0.5, 0.6) is 5.75 Å². The quantitative estimate of drug-likeness (QED) is 0.623. The van der Waals surface area contributed by atoms with Gasteiger partial charge in [-0.1, -0.05) is 21.1 Å². The van der Waals surface area contributed by atoms with E-state index in [1.807, 2.05) is 39.0 Å². The van der Waals surface area contributed by atoms with E-state index in [-0.39, 0.29) is 5.91 Å². The number of nitrogens with one attached hydrogen (secondary N) is 1. The second kappa shape index (κ2) is 7.74. The van der Waals surface area contributed by atoms with Crippen LogP contribution in [0.4, 0.5) is 5.69 Å². The summed E-state index contributed by atoms with van der Waals surface area (Å²) >= 11 is 3.45. The lowest BCUT2D eigenvalue weighted by molar-refractivity contribution is 0.102. The van der Waals surface area contributed by atoms with Crippen molar-refractivity contribution in [1.82, 2.24) is 5.16 Å². The molecule has 1 heterocycles. The molecule has 0 aliphatic heterocycles. The molecule has 3 rings (SSSR count). The third-order valence-electron chi connectivity index (χ3n) is 4.10. The molecule has 0 saturated heterocycles. The molecule has 0 spiro atoms. The van der Waals surface area contributed by atoms with E-state index in [1.54, 1.807) is 24.3 Å². The Labute approximate surface area is 160 Å². The predicted molar refractivity (Wildman–Crippen MR) is 104 cm³/mol. The first-order valence-electron chi connectivity index (χ1n) is 8.16. The predicted octanol–water partition coefficient (Wildman–Crippen LogP) is 5.19. The first-order chi connectivity index (χ1) is 12.4. The number of hydrogen-bond acceptors (Lipinski definition) is 4. The lowest BCUT2D eigenvalue weighted by atomic mass is 10.2. The van der Waals surface area contributed by atoms with Gasteiger partial charge in [-0.15, -0.1) is 0 Å². The number of rotatable bonds is 5. The van der Waals surface area contributed by atoms with E-state index >= 15 is 0 Å². The fraction of sp³-hybridized carbons (Fsp3) is 0.200. The average molecular weight is 415 g/mol. The number of aromatic nitrogens is 1. The van der Waals surface area contributed by atoms with Crippen molar-refractivity contribution < 1.29 is 14.1 Å². The number of ether oxygens (including phenoxy) is 1. The number of aryl methyl sites for hydroxylation is 3. The van der Waals surface area contributed by atoms with Crippen LogP contribution in [0.2, 0.25) is 0 Å². The van der Waals surface area contributed by atoms with E-state index in [0.29, 0.717) is 17.9 Å². The largest absolute Gasteiger partial charge is 0.489 e. The van der Waals surface area contributed by atoms with Gasteiger partial charge in [0.25, 0.3) is 5.91 Å². The molecule has 0 aliphatic rings. The fourth-order valence-electron chi connectivity index (χ4n) is 2.49. The Hall–Kier alpha value is -2.60. The summed E-state index contributed by atoms with van der Waals surface area (Å²) in [5.41, 5.74) is 4.15. The molecule has 0 fully saturated rings. The summed E-state index contributed by atoms with van der Waals surface area (Å²) in [5, 5.41) is 6.80. The molecule has 6 heteroatoms. The van der Waals surface area contributed by atoms with Crippen LogP contribution in [-0.2, 0) is 6.61 Å². The third kappa shape index (κ3) is 4.14. The number of benzene rings is 2. The molecule has 5 nitrogen and oxygen atoms in total. The van der Waals surface area contributed by atoms with Crippen LogP contribution in [0, 0.1) is 20.8 Å². The van der Waals surface area contributed by atoms with E-state index in [0.717, 1.165) is 32.7 Å². The number of carbonyl (C=O) groups excluding carboxylic acids is 1. The summed E-state index contributed by atoms with van der Waals surface area (Å²) in [6.07, 6.45) is 0. The number of hydrogen-bond donors (Lipinski definition) is 1. The lowest BCUT2D eigenvalue weighted by Crippen LogP contribution is -2.11. The van der Waals surface area contributed by atoms with Crippen molar-refractivity contribution in [1.29, 1.82) is 0 Å². The van der Waals surface area contributed by atoms with Crippen LogP contribution >= 0.6 is 15.9 Å². The second-order valence-corrected chi connectivity index (χ2v) is 6.89. The molecule has 26 heavy (non-hydrogen) atoms. The zero-order valence-corrected chi connectivity index (χ0v) is 16.4. The summed E-state index contributed by atoms with van der Waals surface area (Å²) < 4.78 is 11.9. The van der Waals surface area contributed by atoms with Crippen molar-refractivity contribution in [3.05, 3.63) is 75.1 Å². The molecule has 3 aromatic rings. The molecule has 0 unspecified atom stereocenters. The van der Waals surface area contributed by atoms with Crippen molar-refractivity contribution in [3.63, 3.8) is 0 Å². The number of anilines is 1. The van der Waals surface area contributed by atoms with Gasteiger partial charge in [0.15, 0.2) is 0 Å². The molecule has 2 aromatic carbocycles. The molecule has 0 radical (unpaired) electrons. The Balaban J connectivity index is 1.63. The summed E-state index contributed by atoms with van der Waals surface area (Å²) in [6, 6.07) is 12.7. The minimum absolute atomic E-state index is 0.163. The Morgan fingerprint density at radius 2 is 1.88 bits per heavy atom. The monoisotopic (exact) mass is 414 g/mol. The van der Waals surface area contributed by atoms with Crippen LogP contribution in [0.15, 0.2) is 51.5 Å². The van der Waals surface area contributed by atoms with Crippen molar-refractivity contribution >= 4 is 27.5 Å². The summed E-state index contributed by atoms with van der Waals surface area (Å²) in [7, 11) is 0. The SMILES string of the molecule is Cc1cc(NC(=O)c2ccc(OCc3c(C)noc3C)cc2)ccc1Br. The van der Waals surface area contributed by atoms with Gasteiger partial charge in [0.2, 0.25) is 0 Å². The van der Waals surface area contributed by atoms with Gasteiger partial charge in [-0.25, -0.2) is 0 Å². The van der Waals surface area contributed by atoms with Gasteiger partial charge in [-0.2, -0.15) is 0 Å². The molecule has 0 aliphatic carbocycles. The van der Waals surface area contributed by atoms with Crippen LogP contribution < -0.4 is 10.1 Å². The average Bonchev–Trinajstić information content (AvgIpc) is 2.95. The number of carbonyl (C=O) groups is 1. The maximum absolute atomic E-state index is 12.4. The van der Waals surface area contributed by atoms with E-state index in [4.69, 9.17) is 9.26 Å². The van der Waals surface area contributed by atoms with Crippen molar-refractivity contribution in [2.75, 3.05) is 5.32 Å². The molecular formula is C20H19BrN2O3. The summed E-state index contributed by atoms with van der Waals surface area (Å²) in [5.74, 6) is 1.27. The molecule has 1 N–H and O–H groups in total. The maximum Gasteiger partial charge on any atom is 0.255 e.